The van der Waals surface area contributed by atoms with Crippen LogP contribution in [0.5, 0.6) is 5.75 Å². The Hall–Kier alpha value is -3.65. The molecule has 0 bridgehead atoms. The van der Waals surface area contributed by atoms with Crippen molar-refractivity contribution in [3.63, 3.8) is 0 Å². The Morgan fingerprint density at radius 2 is 1.86 bits per heavy atom. The Kier molecular flexibility index (Phi) is 6.30. The normalized spacial score (nSPS) is 13.0. The Balaban J connectivity index is 1.64. The summed E-state index contributed by atoms with van der Waals surface area (Å²) < 4.78 is 8.13. The van der Waals surface area contributed by atoms with E-state index in [1.807, 2.05) is 38.1 Å². The molecule has 35 heavy (non-hydrogen) atoms. The molecule has 1 amide bonds. The molecule has 1 aliphatic rings. The standard InChI is InChI=1S/C27H27N3O4S/c1-3-34-20-13-11-19(12-14-20)30-25(32)24-21-9-4-5-10-22(21)35-26(24)29(27(30)33)16-23(31)28-18-8-6-7-17(2)15-18/h6-8,11-15H,3-5,9-10,16H2,1-2H3,(H,28,31). The third kappa shape index (κ3) is 4.41. The van der Waals surface area contributed by atoms with E-state index >= 15 is 0 Å². The van der Waals surface area contributed by atoms with Crippen molar-refractivity contribution in [1.29, 1.82) is 0 Å². The lowest BCUT2D eigenvalue weighted by molar-refractivity contribution is -0.116. The van der Waals surface area contributed by atoms with E-state index < -0.39 is 5.69 Å². The first kappa shape index (κ1) is 23.1. The van der Waals surface area contributed by atoms with E-state index in [1.54, 1.807) is 24.3 Å². The number of ether oxygens (including phenoxy) is 1. The molecule has 0 spiro atoms. The van der Waals surface area contributed by atoms with E-state index in [9.17, 15) is 14.4 Å². The summed E-state index contributed by atoms with van der Waals surface area (Å²) in [5.41, 5.74) is 2.32. The molecule has 0 saturated heterocycles. The number of nitrogens with one attached hydrogen (secondary N) is 1. The van der Waals surface area contributed by atoms with Crippen LogP contribution in [-0.4, -0.2) is 21.6 Å². The summed E-state index contributed by atoms with van der Waals surface area (Å²) in [5, 5.41) is 3.44. The van der Waals surface area contributed by atoms with Crippen molar-refractivity contribution in [3.8, 4) is 11.4 Å². The number of aromatic nitrogens is 2. The van der Waals surface area contributed by atoms with Crippen LogP contribution >= 0.6 is 11.3 Å². The van der Waals surface area contributed by atoms with Crippen LogP contribution in [0, 0.1) is 6.92 Å². The van der Waals surface area contributed by atoms with Crippen molar-refractivity contribution >= 4 is 33.1 Å². The second-order valence-electron chi connectivity index (χ2n) is 8.74. The average molecular weight is 490 g/mol. The van der Waals surface area contributed by atoms with Gasteiger partial charge < -0.3 is 10.1 Å². The second kappa shape index (κ2) is 9.54. The van der Waals surface area contributed by atoms with Crippen molar-refractivity contribution in [2.45, 2.75) is 46.1 Å². The first-order chi connectivity index (χ1) is 17.0. The molecular weight excluding hydrogens is 462 g/mol. The van der Waals surface area contributed by atoms with Gasteiger partial charge >= 0.3 is 5.69 Å². The minimum atomic E-state index is -0.523. The number of thiophene rings is 1. The highest BCUT2D eigenvalue weighted by atomic mass is 32.1. The molecule has 0 aliphatic heterocycles. The average Bonchev–Trinajstić information content (AvgIpc) is 3.23. The summed E-state index contributed by atoms with van der Waals surface area (Å²) in [5.74, 6) is 0.346. The minimum Gasteiger partial charge on any atom is -0.494 e. The van der Waals surface area contributed by atoms with Crippen LogP contribution in [0.2, 0.25) is 0 Å². The van der Waals surface area contributed by atoms with Gasteiger partial charge in [0.1, 0.15) is 17.1 Å². The highest BCUT2D eigenvalue weighted by molar-refractivity contribution is 7.18. The van der Waals surface area contributed by atoms with Gasteiger partial charge in [0.05, 0.1) is 17.7 Å². The summed E-state index contributed by atoms with van der Waals surface area (Å²) in [4.78, 5) is 42.1. The van der Waals surface area contributed by atoms with Crippen LogP contribution in [0.3, 0.4) is 0 Å². The largest absolute Gasteiger partial charge is 0.494 e. The van der Waals surface area contributed by atoms with E-state index in [2.05, 4.69) is 5.32 Å². The molecule has 1 N–H and O–H groups in total. The predicted octanol–water partition coefficient (Wildman–Crippen LogP) is 4.44. The number of benzene rings is 2. The summed E-state index contributed by atoms with van der Waals surface area (Å²) >= 11 is 1.47. The van der Waals surface area contributed by atoms with Gasteiger partial charge in [0.25, 0.3) is 5.56 Å². The van der Waals surface area contributed by atoms with E-state index in [1.165, 1.54) is 20.5 Å². The summed E-state index contributed by atoms with van der Waals surface area (Å²) in [6, 6.07) is 14.4. The lowest BCUT2D eigenvalue weighted by atomic mass is 9.97. The van der Waals surface area contributed by atoms with Crippen molar-refractivity contribution in [3.05, 3.63) is 85.4 Å². The monoisotopic (exact) mass is 489 g/mol. The van der Waals surface area contributed by atoms with Crippen molar-refractivity contribution in [2.75, 3.05) is 11.9 Å². The number of nitrogens with zero attached hydrogens (tertiary/aromatic N) is 2. The fourth-order valence-electron chi connectivity index (χ4n) is 4.66. The van der Waals surface area contributed by atoms with Gasteiger partial charge in [0.15, 0.2) is 0 Å². The lowest BCUT2D eigenvalue weighted by Crippen LogP contribution is -2.40. The van der Waals surface area contributed by atoms with Crippen molar-refractivity contribution in [1.82, 2.24) is 9.13 Å². The lowest BCUT2D eigenvalue weighted by Gasteiger charge is -2.14. The first-order valence-electron chi connectivity index (χ1n) is 11.9. The van der Waals surface area contributed by atoms with E-state index in [4.69, 9.17) is 4.74 Å². The van der Waals surface area contributed by atoms with Crippen LogP contribution in [-0.2, 0) is 24.2 Å². The highest BCUT2D eigenvalue weighted by Gasteiger charge is 2.25. The molecule has 2 aromatic carbocycles. The molecule has 0 unspecified atom stereocenters. The zero-order valence-corrected chi connectivity index (χ0v) is 20.6. The Labute approximate surface area is 206 Å². The predicted molar refractivity (Wildman–Crippen MR) is 139 cm³/mol. The molecule has 8 heteroatoms. The zero-order chi connectivity index (χ0) is 24.5. The number of hydrogen-bond donors (Lipinski definition) is 1. The summed E-state index contributed by atoms with van der Waals surface area (Å²) in [7, 11) is 0. The van der Waals surface area contributed by atoms with Crippen LogP contribution in [0.25, 0.3) is 15.9 Å². The first-order valence-corrected chi connectivity index (χ1v) is 12.7. The van der Waals surface area contributed by atoms with Gasteiger partial charge in [-0.2, -0.15) is 0 Å². The molecule has 7 nitrogen and oxygen atoms in total. The second-order valence-corrected chi connectivity index (χ2v) is 9.83. The zero-order valence-electron chi connectivity index (χ0n) is 19.8. The number of rotatable bonds is 6. The number of fused-ring (bicyclic) bond motifs is 3. The van der Waals surface area contributed by atoms with Gasteiger partial charge in [0.2, 0.25) is 5.91 Å². The Bertz CT molecular complexity index is 1530. The molecule has 180 valence electrons. The fourth-order valence-corrected chi connectivity index (χ4v) is 6.03. The van der Waals surface area contributed by atoms with Gasteiger partial charge in [-0.25, -0.2) is 9.36 Å². The van der Waals surface area contributed by atoms with Crippen LogP contribution in [0.4, 0.5) is 5.69 Å². The fraction of sp³-hybridized carbons (Fsp3) is 0.296. The quantitative estimate of drug-likeness (QED) is 0.434. The summed E-state index contributed by atoms with van der Waals surface area (Å²) in [6.45, 7) is 4.19. The Morgan fingerprint density at radius 3 is 2.60 bits per heavy atom. The van der Waals surface area contributed by atoms with Crippen molar-refractivity contribution < 1.29 is 9.53 Å². The third-order valence-corrected chi connectivity index (χ3v) is 7.56. The van der Waals surface area contributed by atoms with Gasteiger partial charge in [-0.1, -0.05) is 12.1 Å². The number of hydrogen-bond acceptors (Lipinski definition) is 5. The molecule has 1 aliphatic carbocycles. The molecule has 0 saturated carbocycles. The van der Waals surface area contributed by atoms with Gasteiger partial charge in [0, 0.05) is 10.6 Å². The molecule has 4 aromatic rings. The molecule has 0 fully saturated rings. The maximum absolute atomic E-state index is 13.7. The number of carbonyl (C=O) groups is 1. The molecule has 2 heterocycles. The van der Waals surface area contributed by atoms with Crippen molar-refractivity contribution in [2.24, 2.45) is 0 Å². The molecule has 0 radical (unpaired) electrons. The van der Waals surface area contributed by atoms with E-state index in [-0.39, 0.29) is 18.0 Å². The molecular formula is C27H27N3O4S. The topological polar surface area (TPSA) is 82.3 Å². The molecule has 0 atom stereocenters. The van der Waals surface area contributed by atoms with Crippen LogP contribution in [0.1, 0.15) is 35.8 Å². The summed E-state index contributed by atoms with van der Waals surface area (Å²) in [6.07, 6.45) is 3.77. The smallest absolute Gasteiger partial charge is 0.337 e. The van der Waals surface area contributed by atoms with Gasteiger partial charge in [-0.05, 0) is 87.1 Å². The van der Waals surface area contributed by atoms with E-state index in [0.717, 1.165) is 41.7 Å². The van der Waals surface area contributed by atoms with E-state index in [0.29, 0.717) is 33.9 Å². The SMILES string of the molecule is CCOc1ccc(-n2c(=O)c3c4c(sc3n(CC(=O)Nc3cccc(C)c3)c2=O)CCCC4)cc1. The Morgan fingerprint density at radius 1 is 1.09 bits per heavy atom. The van der Waals surface area contributed by atoms with Gasteiger partial charge in [-0.3, -0.25) is 14.2 Å². The van der Waals surface area contributed by atoms with Gasteiger partial charge in [-0.15, -0.1) is 11.3 Å². The number of anilines is 1. The minimum absolute atomic E-state index is 0.181. The van der Waals surface area contributed by atoms with Crippen LogP contribution in [0.15, 0.2) is 58.1 Å². The number of amides is 1. The number of carbonyl (C=O) groups excluding carboxylic acids is 1. The third-order valence-electron chi connectivity index (χ3n) is 6.25. The molecule has 5 rings (SSSR count). The molecule has 2 aromatic heterocycles. The maximum atomic E-state index is 13.7. The number of aryl methyl sites for hydroxylation is 3. The van der Waals surface area contributed by atoms with Crippen LogP contribution < -0.4 is 21.3 Å². The highest BCUT2D eigenvalue weighted by Crippen LogP contribution is 2.34. The maximum Gasteiger partial charge on any atom is 0.337 e.